The average Bonchev–Trinajstić information content (AvgIpc) is 3.28. The van der Waals surface area contributed by atoms with Crippen LogP contribution in [-0.4, -0.2) is 38.4 Å². The third-order valence-electron chi connectivity index (χ3n) is 5.48. The number of fused-ring (bicyclic) bond motifs is 2. The number of nitrogens with one attached hydrogen (secondary N) is 1. The fourth-order valence-electron chi connectivity index (χ4n) is 3.85. The summed E-state index contributed by atoms with van der Waals surface area (Å²) in [6, 6.07) is 12.6. The van der Waals surface area contributed by atoms with Crippen LogP contribution in [0.2, 0.25) is 0 Å². The Bertz CT molecular complexity index is 1360. The van der Waals surface area contributed by atoms with Crippen LogP contribution in [0.5, 0.6) is 0 Å². The Morgan fingerprint density at radius 2 is 1.93 bits per heavy atom. The van der Waals surface area contributed by atoms with Crippen LogP contribution in [0.1, 0.15) is 22.5 Å². The van der Waals surface area contributed by atoms with E-state index in [-0.39, 0.29) is 23.5 Å². The number of benzene rings is 1. The molecule has 30 heavy (non-hydrogen) atoms. The highest BCUT2D eigenvalue weighted by Gasteiger charge is 2.31. The lowest BCUT2D eigenvalue weighted by Crippen LogP contribution is -2.37. The molecule has 0 bridgehead atoms. The summed E-state index contributed by atoms with van der Waals surface area (Å²) in [5, 5.41) is 3.11. The highest BCUT2D eigenvalue weighted by molar-refractivity contribution is 7.89. The number of imidazole rings is 1. The zero-order valence-corrected chi connectivity index (χ0v) is 17.3. The van der Waals surface area contributed by atoms with Crippen LogP contribution in [0.4, 0.5) is 0 Å². The minimum Gasteiger partial charge on any atom is -0.307 e. The molecule has 0 atom stereocenters. The van der Waals surface area contributed by atoms with Gasteiger partial charge < -0.3 is 4.40 Å². The number of hydrogen-bond acceptors (Lipinski definition) is 4. The van der Waals surface area contributed by atoms with Gasteiger partial charge in [0.25, 0.3) is 5.56 Å². The molecule has 1 aliphatic rings. The molecule has 1 aliphatic heterocycles. The number of aromatic amines is 1. The van der Waals surface area contributed by atoms with E-state index < -0.39 is 10.0 Å². The lowest BCUT2D eigenvalue weighted by Gasteiger charge is -2.25. The van der Waals surface area contributed by atoms with E-state index >= 15 is 0 Å². The predicted molar refractivity (Wildman–Crippen MR) is 112 cm³/mol. The standard InChI is InChI=1S/C21H21N5O3S/c1-15-5-7-17(8-6-15)30(28,29)25-11-9-18-19(14-25)23-26(21(18)27)13-16-12-24-10-3-2-4-20(24)22-16/h2-8,10,12,23H,9,11,13-14H2,1H3. The molecular formula is C21H21N5O3S. The molecule has 1 N–H and O–H groups in total. The molecule has 1 aromatic carbocycles. The second-order valence-electron chi connectivity index (χ2n) is 7.56. The molecule has 9 heteroatoms. The number of pyridine rings is 1. The van der Waals surface area contributed by atoms with Gasteiger partial charge in [-0.05, 0) is 37.6 Å². The van der Waals surface area contributed by atoms with Gasteiger partial charge >= 0.3 is 0 Å². The van der Waals surface area contributed by atoms with Crippen LogP contribution >= 0.6 is 0 Å². The number of aromatic nitrogens is 4. The number of aryl methyl sites for hydroxylation is 1. The van der Waals surface area contributed by atoms with Gasteiger partial charge in [-0.1, -0.05) is 23.8 Å². The molecule has 0 unspecified atom stereocenters. The van der Waals surface area contributed by atoms with Crippen molar-refractivity contribution in [3.05, 3.63) is 87.7 Å². The van der Waals surface area contributed by atoms with Crippen LogP contribution < -0.4 is 5.56 Å². The summed E-state index contributed by atoms with van der Waals surface area (Å²) < 4.78 is 30.8. The van der Waals surface area contributed by atoms with Crippen molar-refractivity contribution in [3.8, 4) is 0 Å². The highest BCUT2D eigenvalue weighted by atomic mass is 32.2. The van der Waals surface area contributed by atoms with E-state index in [1.165, 1.54) is 8.99 Å². The predicted octanol–water partition coefficient (Wildman–Crippen LogP) is 1.93. The van der Waals surface area contributed by atoms with Crippen molar-refractivity contribution in [2.75, 3.05) is 6.54 Å². The molecule has 0 saturated carbocycles. The van der Waals surface area contributed by atoms with Crippen molar-refractivity contribution >= 4 is 15.7 Å². The first-order chi connectivity index (χ1) is 14.4. The monoisotopic (exact) mass is 423 g/mol. The van der Waals surface area contributed by atoms with Crippen LogP contribution in [0.25, 0.3) is 5.65 Å². The van der Waals surface area contributed by atoms with E-state index in [2.05, 4.69) is 10.1 Å². The third-order valence-corrected chi connectivity index (χ3v) is 7.34. The van der Waals surface area contributed by atoms with Gasteiger partial charge in [-0.3, -0.25) is 9.89 Å². The van der Waals surface area contributed by atoms with Gasteiger partial charge in [-0.2, -0.15) is 4.31 Å². The largest absolute Gasteiger partial charge is 0.307 e. The molecule has 3 aromatic heterocycles. The molecule has 8 nitrogen and oxygen atoms in total. The van der Waals surface area contributed by atoms with Crippen LogP contribution in [-0.2, 0) is 29.5 Å². The molecule has 0 spiro atoms. The SMILES string of the molecule is Cc1ccc(S(=O)(=O)N2CCc3c([nH]n(Cc4cn5ccccc5n4)c3=O)C2)cc1. The number of hydrogen-bond donors (Lipinski definition) is 1. The van der Waals surface area contributed by atoms with Crippen LogP contribution in [0, 0.1) is 6.92 Å². The fraction of sp³-hybridized carbons (Fsp3) is 0.238. The first-order valence-electron chi connectivity index (χ1n) is 9.72. The van der Waals surface area contributed by atoms with Crippen LogP contribution in [0.3, 0.4) is 0 Å². The highest BCUT2D eigenvalue weighted by Crippen LogP contribution is 2.23. The maximum atomic E-state index is 13.0. The van der Waals surface area contributed by atoms with E-state index in [0.717, 1.165) is 16.9 Å². The first-order valence-corrected chi connectivity index (χ1v) is 11.2. The zero-order valence-electron chi connectivity index (χ0n) is 16.4. The van der Waals surface area contributed by atoms with E-state index in [1.807, 2.05) is 41.9 Å². The van der Waals surface area contributed by atoms with Gasteiger partial charge in [0.1, 0.15) is 5.65 Å². The maximum absolute atomic E-state index is 13.0. The summed E-state index contributed by atoms with van der Waals surface area (Å²) in [4.78, 5) is 17.6. The number of sulfonamides is 1. The Balaban J connectivity index is 1.42. The Kier molecular flexibility index (Phi) is 4.37. The van der Waals surface area contributed by atoms with Gasteiger partial charge in [0.2, 0.25) is 10.0 Å². The van der Waals surface area contributed by atoms with E-state index in [9.17, 15) is 13.2 Å². The molecular weight excluding hydrogens is 402 g/mol. The van der Waals surface area contributed by atoms with Crippen molar-refractivity contribution in [3.63, 3.8) is 0 Å². The lowest BCUT2D eigenvalue weighted by atomic mass is 10.1. The molecule has 4 heterocycles. The summed E-state index contributed by atoms with van der Waals surface area (Å²) in [5.41, 5.74) is 3.75. The topological polar surface area (TPSA) is 92.5 Å². The van der Waals surface area contributed by atoms with Crippen molar-refractivity contribution in [1.82, 2.24) is 23.5 Å². The summed E-state index contributed by atoms with van der Waals surface area (Å²) in [7, 11) is -3.61. The second-order valence-corrected chi connectivity index (χ2v) is 9.50. The summed E-state index contributed by atoms with van der Waals surface area (Å²) in [6.07, 6.45) is 4.17. The molecule has 0 saturated heterocycles. The van der Waals surface area contributed by atoms with Crippen LogP contribution in [0.15, 0.2) is 64.5 Å². The average molecular weight is 423 g/mol. The van der Waals surface area contributed by atoms with Gasteiger partial charge in [-0.15, -0.1) is 0 Å². The molecule has 5 rings (SSSR count). The fourth-order valence-corrected chi connectivity index (χ4v) is 5.26. The Hall–Kier alpha value is -3.17. The number of H-pyrrole nitrogens is 1. The van der Waals surface area contributed by atoms with Crippen molar-refractivity contribution in [2.45, 2.75) is 31.3 Å². The minimum absolute atomic E-state index is 0.116. The Morgan fingerprint density at radius 3 is 2.70 bits per heavy atom. The smallest absolute Gasteiger partial charge is 0.270 e. The molecule has 4 aromatic rings. The van der Waals surface area contributed by atoms with Crippen molar-refractivity contribution in [1.29, 1.82) is 0 Å². The van der Waals surface area contributed by atoms with Gasteiger partial charge in [0, 0.05) is 24.5 Å². The lowest BCUT2D eigenvalue weighted by molar-refractivity contribution is 0.386. The number of nitrogens with zero attached hydrogens (tertiary/aromatic N) is 4. The minimum atomic E-state index is -3.61. The van der Waals surface area contributed by atoms with Gasteiger partial charge in [0.15, 0.2) is 0 Å². The van der Waals surface area contributed by atoms with Gasteiger partial charge in [0.05, 0.1) is 29.4 Å². The van der Waals surface area contributed by atoms with E-state index in [4.69, 9.17) is 0 Å². The molecule has 0 amide bonds. The molecule has 0 aliphatic carbocycles. The molecule has 0 fully saturated rings. The maximum Gasteiger partial charge on any atom is 0.270 e. The van der Waals surface area contributed by atoms with E-state index in [1.54, 1.807) is 24.3 Å². The summed E-state index contributed by atoms with van der Waals surface area (Å²) in [6.45, 7) is 2.65. The Morgan fingerprint density at radius 1 is 1.13 bits per heavy atom. The molecule has 0 radical (unpaired) electrons. The normalized spacial score (nSPS) is 14.8. The van der Waals surface area contributed by atoms with Crippen molar-refractivity contribution in [2.24, 2.45) is 0 Å². The Labute approximate surface area is 173 Å². The quantitative estimate of drug-likeness (QED) is 0.543. The van der Waals surface area contributed by atoms with Gasteiger partial charge in [-0.25, -0.2) is 18.1 Å². The third kappa shape index (κ3) is 3.16. The van der Waals surface area contributed by atoms with E-state index in [0.29, 0.717) is 24.2 Å². The number of rotatable bonds is 4. The first kappa shape index (κ1) is 18.8. The summed E-state index contributed by atoms with van der Waals surface area (Å²) >= 11 is 0. The molecule has 154 valence electrons. The second kappa shape index (κ2) is 6.96. The zero-order chi connectivity index (χ0) is 20.9. The summed E-state index contributed by atoms with van der Waals surface area (Å²) in [5.74, 6) is 0. The van der Waals surface area contributed by atoms with Crippen molar-refractivity contribution < 1.29 is 8.42 Å².